The molecule has 28 heavy (non-hydrogen) atoms. The summed E-state index contributed by atoms with van der Waals surface area (Å²) >= 11 is 0. The first kappa shape index (κ1) is 18.9. The molecule has 0 radical (unpaired) electrons. The van der Waals surface area contributed by atoms with Crippen LogP contribution in [0.3, 0.4) is 0 Å². The minimum atomic E-state index is -0.755. The van der Waals surface area contributed by atoms with Crippen molar-refractivity contribution in [1.29, 1.82) is 0 Å². The number of nitrogens with one attached hydrogen (secondary N) is 1. The highest BCUT2D eigenvalue weighted by molar-refractivity contribution is 6.07. The Bertz CT molecular complexity index is 758. The Morgan fingerprint density at radius 2 is 1.86 bits per heavy atom. The Labute approximate surface area is 165 Å². The fourth-order valence-corrected chi connectivity index (χ4v) is 4.68. The number of amides is 4. The van der Waals surface area contributed by atoms with Gasteiger partial charge in [0, 0.05) is 31.7 Å². The molecule has 1 aromatic rings. The Balaban J connectivity index is 1.47. The lowest BCUT2D eigenvalue weighted by molar-refractivity contribution is -0.135. The SMILES string of the molecule is CCN1CCC2(CC1)NC(=O)N([C@@H]1CCCN(C(=O)c3ccccc3)C1)C2=O. The molecule has 3 aliphatic rings. The fraction of sp³-hybridized carbons (Fsp3) is 0.571. The molecule has 1 atom stereocenters. The molecule has 1 N–H and O–H groups in total. The van der Waals surface area contributed by atoms with Crippen molar-refractivity contribution in [3.8, 4) is 0 Å². The van der Waals surface area contributed by atoms with E-state index in [1.165, 1.54) is 4.90 Å². The maximum absolute atomic E-state index is 13.3. The van der Waals surface area contributed by atoms with E-state index in [0.717, 1.165) is 32.5 Å². The summed E-state index contributed by atoms with van der Waals surface area (Å²) in [6.45, 7) is 5.77. The van der Waals surface area contributed by atoms with E-state index in [1.807, 2.05) is 18.2 Å². The number of piperidine rings is 2. The Morgan fingerprint density at radius 1 is 1.14 bits per heavy atom. The highest BCUT2D eigenvalue weighted by Gasteiger charge is 2.54. The standard InChI is InChI=1S/C21H28N4O3/c1-2-23-13-10-21(11-14-23)19(27)25(20(28)22-21)17-9-6-12-24(15-17)18(26)16-7-4-3-5-8-16/h3-5,7-8,17H,2,6,9-15H2,1H3,(H,22,28)/t17-/m1/s1. The minimum absolute atomic E-state index is 0.0386. The van der Waals surface area contributed by atoms with Gasteiger partial charge < -0.3 is 15.1 Å². The first-order valence-corrected chi connectivity index (χ1v) is 10.3. The maximum Gasteiger partial charge on any atom is 0.325 e. The fourth-order valence-electron chi connectivity index (χ4n) is 4.68. The minimum Gasteiger partial charge on any atom is -0.337 e. The van der Waals surface area contributed by atoms with Gasteiger partial charge in [0.1, 0.15) is 5.54 Å². The number of nitrogens with zero attached hydrogens (tertiary/aromatic N) is 3. The van der Waals surface area contributed by atoms with Crippen LogP contribution in [0.15, 0.2) is 30.3 Å². The summed E-state index contributed by atoms with van der Waals surface area (Å²) in [6, 6.07) is 8.63. The van der Waals surface area contributed by atoms with E-state index in [-0.39, 0.29) is 23.9 Å². The normalized spacial score (nSPS) is 25.2. The monoisotopic (exact) mass is 384 g/mol. The van der Waals surface area contributed by atoms with Gasteiger partial charge in [0.2, 0.25) is 0 Å². The van der Waals surface area contributed by atoms with Crippen LogP contribution >= 0.6 is 0 Å². The molecular weight excluding hydrogens is 356 g/mol. The number of carbonyl (C=O) groups excluding carboxylic acids is 3. The molecule has 3 fully saturated rings. The van der Waals surface area contributed by atoms with Gasteiger partial charge in [-0.25, -0.2) is 4.79 Å². The van der Waals surface area contributed by atoms with Gasteiger partial charge in [-0.3, -0.25) is 14.5 Å². The second kappa shape index (κ2) is 7.54. The van der Waals surface area contributed by atoms with Crippen LogP contribution in [-0.2, 0) is 4.79 Å². The third-order valence-corrected chi connectivity index (χ3v) is 6.42. The third-order valence-electron chi connectivity index (χ3n) is 6.42. The molecule has 0 aromatic heterocycles. The highest BCUT2D eigenvalue weighted by atomic mass is 16.2. The maximum atomic E-state index is 13.3. The van der Waals surface area contributed by atoms with Crippen molar-refractivity contribution in [1.82, 2.24) is 20.0 Å². The summed E-state index contributed by atoms with van der Waals surface area (Å²) in [4.78, 5) is 44.3. The Morgan fingerprint density at radius 3 is 2.54 bits per heavy atom. The zero-order valence-electron chi connectivity index (χ0n) is 16.4. The number of likely N-dealkylation sites (tertiary alicyclic amines) is 2. The van der Waals surface area contributed by atoms with E-state index in [9.17, 15) is 14.4 Å². The van der Waals surface area contributed by atoms with E-state index in [4.69, 9.17) is 0 Å². The first-order valence-electron chi connectivity index (χ1n) is 10.3. The number of imide groups is 1. The summed E-state index contributed by atoms with van der Waals surface area (Å²) in [7, 11) is 0. The van der Waals surface area contributed by atoms with Crippen LogP contribution in [0.2, 0.25) is 0 Å². The molecule has 3 saturated heterocycles. The zero-order chi connectivity index (χ0) is 19.7. The molecule has 0 bridgehead atoms. The lowest BCUT2D eigenvalue weighted by atomic mass is 9.87. The second-order valence-corrected chi connectivity index (χ2v) is 8.03. The third kappa shape index (κ3) is 3.28. The van der Waals surface area contributed by atoms with Crippen molar-refractivity contribution in [2.24, 2.45) is 0 Å². The number of rotatable bonds is 3. The van der Waals surface area contributed by atoms with Crippen LogP contribution in [-0.4, -0.2) is 76.8 Å². The topological polar surface area (TPSA) is 73.0 Å². The van der Waals surface area contributed by atoms with Crippen molar-refractivity contribution < 1.29 is 14.4 Å². The van der Waals surface area contributed by atoms with Crippen LogP contribution in [0.5, 0.6) is 0 Å². The van der Waals surface area contributed by atoms with Gasteiger partial charge in [0.15, 0.2) is 0 Å². The molecule has 0 aliphatic carbocycles. The molecule has 3 aliphatic heterocycles. The van der Waals surface area contributed by atoms with Gasteiger partial charge in [-0.15, -0.1) is 0 Å². The average molecular weight is 384 g/mol. The molecule has 1 spiro atoms. The second-order valence-electron chi connectivity index (χ2n) is 8.03. The molecular formula is C21H28N4O3. The lowest BCUT2D eigenvalue weighted by Crippen LogP contribution is -2.56. The quantitative estimate of drug-likeness (QED) is 0.805. The van der Waals surface area contributed by atoms with E-state index in [0.29, 0.717) is 31.5 Å². The van der Waals surface area contributed by atoms with E-state index >= 15 is 0 Å². The summed E-state index contributed by atoms with van der Waals surface area (Å²) in [5.74, 6) is -0.143. The number of carbonyl (C=O) groups is 3. The molecule has 4 rings (SSSR count). The van der Waals surface area contributed by atoms with Gasteiger partial charge in [-0.1, -0.05) is 25.1 Å². The van der Waals surface area contributed by atoms with Crippen LogP contribution in [0.1, 0.15) is 43.0 Å². The van der Waals surface area contributed by atoms with Gasteiger partial charge in [-0.05, 0) is 44.4 Å². The average Bonchev–Trinajstić information content (AvgIpc) is 2.98. The molecule has 7 nitrogen and oxygen atoms in total. The van der Waals surface area contributed by atoms with Crippen molar-refractivity contribution >= 4 is 17.8 Å². The van der Waals surface area contributed by atoms with Gasteiger partial charge in [0.05, 0.1) is 6.04 Å². The molecule has 1 aromatic carbocycles. The van der Waals surface area contributed by atoms with E-state index < -0.39 is 5.54 Å². The molecule has 150 valence electrons. The summed E-state index contributed by atoms with van der Waals surface area (Å²) < 4.78 is 0. The molecule has 0 unspecified atom stereocenters. The molecule has 4 amide bonds. The van der Waals surface area contributed by atoms with Crippen LogP contribution in [0.4, 0.5) is 4.79 Å². The number of hydrogen-bond donors (Lipinski definition) is 1. The number of benzene rings is 1. The Hall–Kier alpha value is -2.41. The highest BCUT2D eigenvalue weighted by Crippen LogP contribution is 2.32. The summed E-state index contributed by atoms with van der Waals surface area (Å²) in [5, 5.41) is 2.99. The first-order chi connectivity index (χ1) is 13.5. The van der Waals surface area contributed by atoms with Crippen LogP contribution in [0, 0.1) is 0 Å². The number of hydrogen-bond acceptors (Lipinski definition) is 4. The lowest BCUT2D eigenvalue weighted by Gasteiger charge is -2.39. The predicted octanol–water partition coefficient (Wildman–Crippen LogP) is 1.70. The van der Waals surface area contributed by atoms with Crippen molar-refractivity contribution in [3.63, 3.8) is 0 Å². The van der Waals surface area contributed by atoms with Gasteiger partial charge in [-0.2, -0.15) is 0 Å². The Kier molecular flexibility index (Phi) is 5.10. The largest absolute Gasteiger partial charge is 0.337 e. The molecule has 7 heteroatoms. The summed E-state index contributed by atoms with van der Waals surface area (Å²) in [6.07, 6.45) is 2.84. The van der Waals surface area contributed by atoms with Crippen molar-refractivity contribution in [2.75, 3.05) is 32.7 Å². The van der Waals surface area contributed by atoms with Crippen molar-refractivity contribution in [3.05, 3.63) is 35.9 Å². The molecule has 3 heterocycles. The van der Waals surface area contributed by atoms with E-state index in [2.05, 4.69) is 17.1 Å². The zero-order valence-corrected chi connectivity index (χ0v) is 16.4. The van der Waals surface area contributed by atoms with E-state index in [1.54, 1.807) is 17.0 Å². The smallest absolute Gasteiger partial charge is 0.325 e. The van der Waals surface area contributed by atoms with Crippen molar-refractivity contribution in [2.45, 2.75) is 44.2 Å². The summed E-state index contributed by atoms with van der Waals surface area (Å²) in [5.41, 5.74) is -0.113. The van der Waals surface area contributed by atoms with Gasteiger partial charge in [0.25, 0.3) is 11.8 Å². The van der Waals surface area contributed by atoms with Crippen LogP contribution in [0.25, 0.3) is 0 Å². The van der Waals surface area contributed by atoms with Crippen LogP contribution < -0.4 is 5.32 Å². The predicted molar refractivity (Wildman–Crippen MR) is 105 cm³/mol. The number of urea groups is 1. The molecule has 0 saturated carbocycles. The van der Waals surface area contributed by atoms with Gasteiger partial charge >= 0.3 is 6.03 Å².